The molecule has 5 nitrogen and oxygen atoms in total. The molecule has 0 atom stereocenters. The SMILES string of the molecule is Cc1cc(F)ccc1-c1cnc(OC2CCOCC2)c(N2CCOCC2)c1. The lowest BCUT2D eigenvalue weighted by atomic mass is 10.0. The number of pyridine rings is 1. The number of anilines is 1. The highest BCUT2D eigenvalue weighted by Crippen LogP contribution is 2.34. The van der Waals surface area contributed by atoms with Crippen molar-refractivity contribution in [2.75, 3.05) is 44.4 Å². The fourth-order valence-electron chi connectivity index (χ4n) is 3.61. The van der Waals surface area contributed by atoms with Crippen molar-refractivity contribution < 1.29 is 18.6 Å². The summed E-state index contributed by atoms with van der Waals surface area (Å²) in [5.41, 5.74) is 3.82. The van der Waals surface area contributed by atoms with E-state index in [1.165, 1.54) is 6.07 Å². The van der Waals surface area contributed by atoms with Crippen LogP contribution in [-0.4, -0.2) is 50.6 Å². The molecule has 0 amide bonds. The molecule has 4 rings (SSSR count). The van der Waals surface area contributed by atoms with Gasteiger partial charge >= 0.3 is 0 Å². The van der Waals surface area contributed by atoms with Crippen LogP contribution in [0.2, 0.25) is 0 Å². The minimum Gasteiger partial charge on any atom is -0.473 e. The van der Waals surface area contributed by atoms with Gasteiger partial charge in [0.2, 0.25) is 5.88 Å². The van der Waals surface area contributed by atoms with Gasteiger partial charge in [-0.3, -0.25) is 0 Å². The van der Waals surface area contributed by atoms with E-state index in [0.717, 1.165) is 61.5 Å². The molecular formula is C21H25FN2O3. The molecule has 2 aromatic rings. The second-order valence-electron chi connectivity index (χ2n) is 7.04. The molecule has 1 aromatic heterocycles. The fourth-order valence-corrected chi connectivity index (χ4v) is 3.61. The zero-order valence-electron chi connectivity index (χ0n) is 15.6. The summed E-state index contributed by atoms with van der Waals surface area (Å²) < 4.78 is 30.7. The number of benzene rings is 1. The first-order chi connectivity index (χ1) is 13.2. The molecule has 0 spiro atoms. The lowest BCUT2D eigenvalue weighted by Crippen LogP contribution is -2.37. The highest BCUT2D eigenvalue weighted by molar-refractivity contribution is 5.72. The molecule has 2 aliphatic rings. The Kier molecular flexibility index (Phi) is 5.55. The van der Waals surface area contributed by atoms with Crippen LogP contribution >= 0.6 is 0 Å². The molecule has 27 heavy (non-hydrogen) atoms. The summed E-state index contributed by atoms with van der Waals surface area (Å²) in [5, 5.41) is 0. The Morgan fingerprint density at radius 2 is 1.81 bits per heavy atom. The van der Waals surface area contributed by atoms with Gasteiger partial charge in [0, 0.05) is 37.7 Å². The third-order valence-corrected chi connectivity index (χ3v) is 5.13. The maximum atomic E-state index is 13.5. The molecule has 0 N–H and O–H groups in total. The smallest absolute Gasteiger partial charge is 0.237 e. The van der Waals surface area contributed by atoms with Crippen LogP contribution in [0.3, 0.4) is 0 Å². The standard InChI is InChI=1S/C21H25FN2O3/c1-15-12-17(22)2-3-19(15)16-13-20(24-6-10-26-11-7-24)21(23-14-16)27-18-4-8-25-9-5-18/h2-3,12-14,18H,4-11H2,1H3. The van der Waals surface area contributed by atoms with Crippen LogP contribution < -0.4 is 9.64 Å². The summed E-state index contributed by atoms with van der Waals surface area (Å²) in [6.07, 6.45) is 3.70. The Hall–Kier alpha value is -2.18. The van der Waals surface area contributed by atoms with Crippen molar-refractivity contribution in [3.05, 3.63) is 41.8 Å². The Morgan fingerprint density at radius 3 is 2.56 bits per heavy atom. The number of ether oxygens (including phenoxy) is 3. The molecule has 2 saturated heterocycles. The molecule has 0 saturated carbocycles. The Morgan fingerprint density at radius 1 is 1.07 bits per heavy atom. The number of nitrogens with zero attached hydrogens (tertiary/aromatic N) is 2. The second-order valence-corrected chi connectivity index (χ2v) is 7.04. The summed E-state index contributed by atoms with van der Waals surface area (Å²) >= 11 is 0. The molecule has 0 aliphatic carbocycles. The van der Waals surface area contributed by atoms with Crippen LogP contribution in [0.5, 0.6) is 5.88 Å². The van der Waals surface area contributed by atoms with E-state index in [9.17, 15) is 4.39 Å². The molecule has 2 fully saturated rings. The molecule has 3 heterocycles. The monoisotopic (exact) mass is 372 g/mol. The predicted molar refractivity (Wildman–Crippen MR) is 102 cm³/mol. The molecule has 0 bridgehead atoms. The van der Waals surface area contributed by atoms with Gasteiger partial charge in [0.15, 0.2) is 0 Å². The van der Waals surface area contributed by atoms with Crippen molar-refractivity contribution in [2.24, 2.45) is 0 Å². The van der Waals surface area contributed by atoms with Crippen molar-refractivity contribution in [3.8, 4) is 17.0 Å². The van der Waals surface area contributed by atoms with Gasteiger partial charge in [0.05, 0.1) is 26.4 Å². The van der Waals surface area contributed by atoms with Crippen molar-refractivity contribution in [1.82, 2.24) is 4.98 Å². The normalized spacial score (nSPS) is 18.5. The van der Waals surface area contributed by atoms with Crippen LogP contribution in [0, 0.1) is 12.7 Å². The summed E-state index contributed by atoms with van der Waals surface area (Å²) in [7, 11) is 0. The lowest BCUT2D eigenvalue weighted by Gasteiger charge is -2.31. The van der Waals surface area contributed by atoms with Gasteiger partial charge in [-0.2, -0.15) is 0 Å². The number of rotatable bonds is 4. The fraction of sp³-hybridized carbons (Fsp3) is 0.476. The molecule has 144 valence electrons. The van der Waals surface area contributed by atoms with E-state index < -0.39 is 0 Å². The van der Waals surface area contributed by atoms with Gasteiger partial charge in [-0.25, -0.2) is 9.37 Å². The van der Waals surface area contributed by atoms with Gasteiger partial charge in [-0.05, 0) is 36.2 Å². The predicted octanol–water partition coefficient (Wildman–Crippen LogP) is 3.59. The van der Waals surface area contributed by atoms with Gasteiger partial charge in [-0.1, -0.05) is 6.07 Å². The highest BCUT2D eigenvalue weighted by atomic mass is 19.1. The van der Waals surface area contributed by atoms with E-state index in [2.05, 4.69) is 16.0 Å². The number of morpholine rings is 1. The summed E-state index contributed by atoms with van der Waals surface area (Å²) in [6.45, 7) is 6.36. The third kappa shape index (κ3) is 4.22. The molecular weight excluding hydrogens is 347 g/mol. The van der Waals surface area contributed by atoms with E-state index in [0.29, 0.717) is 19.1 Å². The van der Waals surface area contributed by atoms with Crippen molar-refractivity contribution in [2.45, 2.75) is 25.9 Å². The van der Waals surface area contributed by atoms with Crippen molar-refractivity contribution >= 4 is 5.69 Å². The maximum Gasteiger partial charge on any atom is 0.237 e. The van der Waals surface area contributed by atoms with Crippen LogP contribution in [0.25, 0.3) is 11.1 Å². The maximum absolute atomic E-state index is 13.5. The molecule has 6 heteroatoms. The third-order valence-electron chi connectivity index (χ3n) is 5.13. The van der Waals surface area contributed by atoms with E-state index in [4.69, 9.17) is 14.2 Å². The molecule has 0 radical (unpaired) electrons. The van der Waals surface area contributed by atoms with Crippen LogP contribution in [0.1, 0.15) is 18.4 Å². The number of hydrogen-bond donors (Lipinski definition) is 0. The zero-order chi connectivity index (χ0) is 18.6. The minimum atomic E-state index is -0.225. The first kappa shape index (κ1) is 18.2. The first-order valence-corrected chi connectivity index (χ1v) is 9.54. The van der Waals surface area contributed by atoms with Crippen molar-refractivity contribution in [3.63, 3.8) is 0 Å². The Bertz CT molecular complexity index is 787. The van der Waals surface area contributed by atoms with E-state index in [1.807, 2.05) is 19.2 Å². The zero-order valence-corrected chi connectivity index (χ0v) is 15.6. The minimum absolute atomic E-state index is 0.129. The van der Waals surface area contributed by atoms with Crippen LogP contribution in [-0.2, 0) is 9.47 Å². The first-order valence-electron chi connectivity index (χ1n) is 9.54. The van der Waals surface area contributed by atoms with Crippen LogP contribution in [0.15, 0.2) is 30.5 Å². The highest BCUT2D eigenvalue weighted by Gasteiger charge is 2.22. The van der Waals surface area contributed by atoms with E-state index in [1.54, 1.807) is 6.07 Å². The van der Waals surface area contributed by atoms with Gasteiger partial charge in [-0.15, -0.1) is 0 Å². The lowest BCUT2D eigenvalue weighted by molar-refractivity contribution is 0.0238. The average Bonchev–Trinajstić information content (AvgIpc) is 2.70. The summed E-state index contributed by atoms with van der Waals surface area (Å²) in [5.74, 6) is 0.435. The topological polar surface area (TPSA) is 43.8 Å². The Balaban J connectivity index is 1.67. The number of aromatic nitrogens is 1. The number of hydrogen-bond acceptors (Lipinski definition) is 5. The van der Waals surface area contributed by atoms with Crippen molar-refractivity contribution in [1.29, 1.82) is 0 Å². The van der Waals surface area contributed by atoms with Gasteiger partial charge < -0.3 is 19.1 Å². The van der Waals surface area contributed by atoms with Gasteiger partial charge in [0.1, 0.15) is 17.6 Å². The average molecular weight is 372 g/mol. The Labute approximate surface area is 159 Å². The molecule has 0 unspecified atom stereocenters. The summed E-state index contributed by atoms with van der Waals surface area (Å²) in [6, 6.07) is 6.95. The van der Waals surface area contributed by atoms with E-state index in [-0.39, 0.29) is 11.9 Å². The second kappa shape index (κ2) is 8.23. The number of halogens is 1. The van der Waals surface area contributed by atoms with Crippen LogP contribution in [0.4, 0.5) is 10.1 Å². The molecule has 1 aromatic carbocycles. The van der Waals surface area contributed by atoms with Gasteiger partial charge in [0.25, 0.3) is 0 Å². The quantitative estimate of drug-likeness (QED) is 0.821. The molecule has 2 aliphatic heterocycles. The summed E-state index contributed by atoms with van der Waals surface area (Å²) in [4.78, 5) is 6.91. The number of aryl methyl sites for hydroxylation is 1. The largest absolute Gasteiger partial charge is 0.473 e. The van der Waals surface area contributed by atoms with E-state index >= 15 is 0 Å².